The van der Waals surface area contributed by atoms with Gasteiger partial charge in [-0.25, -0.2) is 5.43 Å². The Morgan fingerprint density at radius 1 is 1.04 bits per heavy atom. The van der Waals surface area contributed by atoms with E-state index in [4.69, 9.17) is 11.6 Å². The van der Waals surface area contributed by atoms with Crippen LogP contribution in [0.25, 0.3) is 6.08 Å². The number of rotatable bonds is 4. The van der Waals surface area contributed by atoms with E-state index in [2.05, 4.69) is 15.8 Å². The Bertz CT molecular complexity index is 786. The molecule has 2 amide bonds. The highest BCUT2D eigenvalue weighted by atomic mass is 35.5. The Morgan fingerprint density at radius 3 is 2.50 bits per heavy atom. The molecule has 0 bridgehead atoms. The molecule has 0 saturated carbocycles. The first-order valence-electron chi connectivity index (χ1n) is 7.19. The fourth-order valence-corrected chi connectivity index (χ4v) is 1.95. The summed E-state index contributed by atoms with van der Waals surface area (Å²) in [6, 6.07) is 16.2. The van der Waals surface area contributed by atoms with E-state index >= 15 is 0 Å². The first kappa shape index (κ1) is 17.4. The number of allylic oxidation sites excluding steroid dienone is 1. The largest absolute Gasteiger partial charge is 0.329 e. The zero-order chi connectivity index (χ0) is 17.4. The maximum Gasteiger partial charge on any atom is 0.329 e. The Balaban J connectivity index is 1.89. The molecule has 0 aliphatic carbocycles. The van der Waals surface area contributed by atoms with Crippen LogP contribution in [0.4, 0.5) is 5.69 Å². The number of nitrogens with one attached hydrogen (secondary N) is 2. The molecule has 2 rings (SSSR count). The molecule has 0 unspecified atom stereocenters. The molecule has 2 N–H and O–H groups in total. The van der Waals surface area contributed by atoms with Crippen molar-refractivity contribution < 1.29 is 9.59 Å². The standard InChI is InChI=1S/C18H16ClN3O2/c1-13(10-11-14-6-3-2-4-7-14)21-22-18(24)17(23)20-16-9-5-8-15(19)12-16/h2-12H,1H3,(H,20,23)(H,22,24)/b11-10+,21-13-. The zero-order valence-electron chi connectivity index (χ0n) is 13.0. The summed E-state index contributed by atoms with van der Waals surface area (Å²) in [5.74, 6) is -1.68. The van der Waals surface area contributed by atoms with Crippen molar-refractivity contribution in [2.45, 2.75) is 6.92 Å². The number of nitrogens with zero attached hydrogens (tertiary/aromatic N) is 1. The second-order valence-electron chi connectivity index (χ2n) is 4.90. The minimum Gasteiger partial charge on any atom is -0.318 e. The van der Waals surface area contributed by atoms with Gasteiger partial charge in [0.15, 0.2) is 0 Å². The number of amides is 2. The van der Waals surface area contributed by atoms with Gasteiger partial charge in [0, 0.05) is 10.7 Å². The second kappa shape index (κ2) is 8.64. The van der Waals surface area contributed by atoms with Crippen LogP contribution in [-0.4, -0.2) is 17.5 Å². The zero-order valence-corrected chi connectivity index (χ0v) is 13.7. The topological polar surface area (TPSA) is 70.6 Å². The van der Waals surface area contributed by atoms with Gasteiger partial charge in [-0.05, 0) is 36.8 Å². The normalized spacial score (nSPS) is 11.3. The molecule has 0 heterocycles. The quantitative estimate of drug-likeness (QED) is 0.507. The van der Waals surface area contributed by atoms with Crippen LogP contribution in [-0.2, 0) is 9.59 Å². The molecule has 0 aliphatic rings. The van der Waals surface area contributed by atoms with Gasteiger partial charge in [-0.1, -0.05) is 54.1 Å². The van der Waals surface area contributed by atoms with E-state index in [0.717, 1.165) is 5.56 Å². The molecule has 5 nitrogen and oxygen atoms in total. The molecule has 0 aromatic heterocycles. The molecular weight excluding hydrogens is 326 g/mol. The average Bonchev–Trinajstić information content (AvgIpc) is 2.58. The molecule has 0 radical (unpaired) electrons. The van der Waals surface area contributed by atoms with E-state index in [1.54, 1.807) is 37.3 Å². The molecular formula is C18H16ClN3O2. The van der Waals surface area contributed by atoms with Crippen LogP contribution in [0.1, 0.15) is 12.5 Å². The fourth-order valence-electron chi connectivity index (χ4n) is 1.76. The monoisotopic (exact) mass is 341 g/mol. The van der Waals surface area contributed by atoms with E-state index in [9.17, 15) is 9.59 Å². The number of carbonyl (C=O) groups is 2. The summed E-state index contributed by atoms with van der Waals surface area (Å²) in [5.41, 5.74) is 4.21. The lowest BCUT2D eigenvalue weighted by Gasteiger charge is -2.04. The van der Waals surface area contributed by atoms with Crippen LogP contribution < -0.4 is 10.7 Å². The Labute approximate surface area is 145 Å². The van der Waals surface area contributed by atoms with E-state index in [0.29, 0.717) is 16.4 Å². The van der Waals surface area contributed by atoms with Crippen molar-refractivity contribution in [3.63, 3.8) is 0 Å². The molecule has 0 saturated heterocycles. The Kier molecular flexibility index (Phi) is 6.28. The van der Waals surface area contributed by atoms with Crippen LogP contribution in [0.3, 0.4) is 0 Å². The maximum absolute atomic E-state index is 11.8. The van der Waals surface area contributed by atoms with Crippen LogP contribution in [0.2, 0.25) is 5.02 Å². The minimum absolute atomic E-state index is 0.437. The predicted octanol–water partition coefficient (Wildman–Crippen LogP) is 3.48. The molecule has 0 atom stereocenters. The van der Waals surface area contributed by atoms with Crippen molar-refractivity contribution in [1.82, 2.24) is 5.43 Å². The number of benzene rings is 2. The SMILES string of the molecule is CC(/C=C/c1ccccc1)=N/NC(=O)C(=O)Nc1cccc(Cl)c1. The summed E-state index contributed by atoms with van der Waals surface area (Å²) in [6.45, 7) is 1.72. The lowest BCUT2D eigenvalue weighted by molar-refractivity contribution is -0.136. The summed E-state index contributed by atoms with van der Waals surface area (Å²) in [4.78, 5) is 23.5. The number of hydrogen-bond acceptors (Lipinski definition) is 3. The van der Waals surface area contributed by atoms with Crippen molar-refractivity contribution in [3.05, 3.63) is 71.3 Å². The van der Waals surface area contributed by atoms with E-state index < -0.39 is 11.8 Å². The van der Waals surface area contributed by atoms with E-state index in [1.165, 1.54) is 0 Å². The highest BCUT2D eigenvalue weighted by molar-refractivity contribution is 6.39. The van der Waals surface area contributed by atoms with Gasteiger partial charge in [0.2, 0.25) is 0 Å². The predicted molar refractivity (Wildman–Crippen MR) is 96.8 cm³/mol. The Hall–Kier alpha value is -2.92. The average molecular weight is 342 g/mol. The highest BCUT2D eigenvalue weighted by Gasteiger charge is 2.12. The third kappa shape index (κ3) is 5.70. The molecule has 2 aromatic carbocycles. The number of hydrazone groups is 1. The summed E-state index contributed by atoms with van der Waals surface area (Å²) in [5, 5.41) is 6.77. The van der Waals surface area contributed by atoms with Crippen LogP contribution in [0, 0.1) is 0 Å². The lowest BCUT2D eigenvalue weighted by atomic mass is 10.2. The maximum atomic E-state index is 11.8. The van der Waals surface area contributed by atoms with Gasteiger partial charge in [-0.2, -0.15) is 5.10 Å². The first-order valence-corrected chi connectivity index (χ1v) is 7.57. The number of carbonyl (C=O) groups excluding carboxylic acids is 2. The van der Waals surface area contributed by atoms with Crippen molar-refractivity contribution >= 4 is 40.9 Å². The molecule has 0 fully saturated rings. The Morgan fingerprint density at radius 2 is 1.79 bits per heavy atom. The van der Waals surface area contributed by atoms with Crippen LogP contribution in [0.15, 0.2) is 65.8 Å². The van der Waals surface area contributed by atoms with Gasteiger partial charge in [-0.15, -0.1) is 0 Å². The van der Waals surface area contributed by atoms with Gasteiger partial charge in [0.1, 0.15) is 0 Å². The third-order valence-corrected chi connectivity index (χ3v) is 3.17. The van der Waals surface area contributed by atoms with Gasteiger partial charge in [-0.3, -0.25) is 9.59 Å². The molecule has 6 heteroatoms. The summed E-state index contributed by atoms with van der Waals surface area (Å²) in [7, 11) is 0. The summed E-state index contributed by atoms with van der Waals surface area (Å²) >= 11 is 5.81. The highest BCUT2D eigenvalue weighted by Crippen LogP contribution is 2.14. The lowest BCUT2D eigenvalue weighted by Crippen LogP contribution is -2.32. The molecule has 0 aliphatic heterocycles. The number of halogens is 1. The smallest absolute Gasteiger partial charge is 0.318 e. The van der Waals surface area contributed by atoms with Crippen molar-refractivity contribution in [2.75, 3.05) is 5.32 Å². The van der Waals surface area contributed by atoms with Crippen molar-refractivity contribution in [2.24, 2.45) is 5.10 Å². The molecule has 122 valence electrons. The van der Waals surface area contributed by atoms with Gasteiger partial charge >= 0.3 is 11.8 Å². The fraction of sp³-hybridized carbons (Fsp3) is 0.0556. The number of hydrogen-bond donors (Lipinski definition) is 2. The number of anilines is 1. The second-order valence-corrected chi connectivity index (χ2v) is 5.34. The van der Waals surface area contributed by atoms with Crippen LogP contribution in [0.5, 0.6) is 0 Å². The molecule has 2 aromatic rings. The van der Waals surface area contributed by atoms with Crippen LogP contribution >= 0.6 is 11.6 Å². The first-order chi connectivity index (χ1) is 11.5. The van der Waals surface area contributed by atoms with Crippen molar-refractivity contribution in [1.29, 1.82) is 0 Å². The summed E-state index contributed by atoms with van der Waals surface area (Å²) in [6.07, 6.45) is 3.60. The molecule has 0 spiro atoms. The van der Waals surface area contributed by atoms with Gasteiger partial charge in [0.25, 0.3) is 0 Å². The van der Waals surface area contributed by atoms with E-state index in [1.807, 2.05) is 36.4 Å². The van der Waals surface area contributed by atoms with Gasteiger partial charge in [0.05, 0.1) is 5.71 Å². The van der Waals surface area contributed by atoms with Gasteiger partial charge < -0.3 is 5.32 Å². The van der Waals surface area contributed by atoms with Crippen molar-refractivity contribution in [3.8, 4) is 0 Å². The van der Waals surface area contributed by atoms with E-state index in [-0.39, 0.29) is 0 Å². The summed E-state index contributed by atoms with van der Waals surface area (Å²) < 4.78 is 0. The third-order valence-electron chi connectivity index (χ3n) is 2.94. The molecule has 24 heavy (non-hydrogen) atoms. The minimum atomic E-state index is -0.859.